The second-order valence-electron chi connectivity index (χ2n) is 3.33. The van der Waals surface area contributed by atoms with E-state index in [-0.39, 0.29) is 15.9 Å². The van der Waals surface area contributed by atoms with Crippen molar-refractivity contribution in [3.63, 3.8) is 0 Å². The van der Waals surface area contributed by atoms with E-state index >= 15 is 0 Å². The third-order valence-electron chi connectivity index (χ3n) is 1.95. The van der Waals surface area contributed by atoms with Crippen molar-refractivity contribution in [2.24, 2.45) is 0 Å². The Morgan fingerprint density at radius 2 is 1.89 bits per heavy atom. The summed E-state index contributed by atoms with van der Waals surface area (Å²) in [6, 6.07) is -0.501. The predicted octanol–water partition coefficient (Wildman–Crippen LogP) is 0.441. The third kappa shape index (κ3) is 4.34. The molecule has 0 fully saturated rings. The molecule has 0 saturated heterocycles. The number of carboxylic acid groups (broad SMARTS) is 2. The summed E-state index contributed by atoms with van der Waals surface area (Å²) in [7, 11) is 0. The minimum absolute atomic E-state index is 0.111. The van der Waals surface area contributed by atoms with Crippen molar-refractivity contribution in [2.75, 3.05) is 0 Å². The highest BCUT2D eigenvalue weighted by molar-refractivity contribution is 6.34. The lowest BCUT2D eigenvalue weighted by atomic mass is 10.2. The molecule has 1 aromatic heterocycles. The highest BCUT2D eigenvalue weighted by Gasteiger charge is 2.25. The number of aliphatic carboxylic acids is 2. The predicted molar refractivity (Wildman–Crippen MR) is 63.2 cm³/mol. The number of halogens is 2. The number of nitrogens with zero attached hydrogens (tertiary/aromatic N) is 2. The fourth-order valence-corrected chi connectivity index (χ4v) is 1.45. The third-order valence-corrected chi connectivity index (χ3v) is 2.41. The second-order valence-corrected chi connectivity index (χ2v) is 4.08. The summed E-state index contributed by atoms with van der Waals surface area (Å²) in [5.74, 6) is -3.76. The number of rotatable bonds is 5. The summed E-state index contributed by atoms with van der Waals surface area (Å²) < 4.78 is 0. The molecule has 8 nitrogen and oxygen atoms in total. The zero-order chi connectivity index (χ0) is 14.6. The van der Waals surface area contributed by atoms with Gasteiger partial charge in [0, 0.05) is 0 Å². The Morgan fingerprint density at radius 1 is 1.26 bits per heavy atom. The van der Waals surface area contributed by atoms with Crippen LogP contribution < -0.4 is 5.32 Å². The molecule has 0 bridgehead atoms. The smallest absolute Gasteiger partial charge is 0.326 e. The van der Waals surface area contributed by atoms with Crippen LogP contribution in [0.2, 0.25) is 10.3 Å². The van der Waals surface area contributed by atoms with Gasteiger partial charge in [-0.2, -0.15) is 0 Å². The molecule has 19 heavy (non-hydrogen) atoms. The highest BCUT2D eigenvalue weighted by Crippen LogP contribution is 2.15. The quantitative estimate of drug-likeness (QED) is 0.719. The van der Waals surface area contributed by atoms with Gasteiger partial charge in [0.15, 0.2) is 10.3 Å². The van der Waals surface area contributed by atoms with Crippen LogP contribution in [0.5, 0.6) is 0 Å². The maximum atomic E-state index is 11.7. The van der Waals surface area contributed by atoms with Crippen LogP contribution in [0.15, 0.2) is 6.07 Å². The van der Waals surface area contributed by atoms with Crippen LogP contribution in [0.4, 0.5) is 0 Å². The van der Waals surface area contributed by atoms with Crippen molar-refractivity contribution >= 4 is 41.0 Å². The minimum Gasteiger partial charge on any atom is -0.481 e. The molecule has 3 N–H and O–H groups in total. The Kier molecular flexibility index (Phi) is 5.02. The number of carbonyl (C=O) groups excluding carboxylic acids is 1. The van der Waals surface area contributed by atoms with Crippen LogP contribution in [-0.2, 0) is 9.59 Å². The van der Waals surface area contributed by atoms with Crippen molar-refractivity contribution in [1.82, 2.24) is 15.5 Å². The number of hydrogen-bond acceptors (Lipinski definition) is 5. The van der Waals surface area contributed by atoms with Crippen molar-refractivity contribution in [3.05, 3.63) is 21.9 Å². The molecule has 0 aliphatic carbocycles. The number of nitrogens with one attached hydrogen (secondary N) is 1. The van der Waals surface area contributed by atoms with Crippen LogP contribution in [0.25, 0.3) is 0 Å². The maximum Gasteiger partial charge on any atom is 0.326 e. The lowest BCUT2D eigenvalue weighted by molar-refractivity contribution is -0.145. The minimum atomic E-state index is -1.59. The fraction of sp³-hybridized carbons (Fsp3) is 0.222. The Bertz CT molecular complexity index is 537. The zero-order valence-corrected chi connectivity index (χ0v) is 10.6. The lowest BCUT2D eigenvalue weighted by Gasteiger charge is -2.12. The first-order valence-corrected chi connectivity index (χ1v) is 5.51. The molecule has 0 unspecified atom stereocenters. The summed E-state index contributed by atoms with van der Waals surface area (Å²) in [6.07, 6.45) is -0.773. The number of hydrogen-bond donors (Lipinski definition) is 3. The Labute approximate surface area is 116 Å². The Hall–Kier alpha value is -1.93. The van der Waals surface area contributed by atoms with E-state index in [0.717, 1.165) is 6.07 Å². The molecular weight excluding hydrogens is 301 g/mol. The van der Waals surface area contributed by atoms with Gasteiger partial charge in [0.25, 0.3) is 5.91 Å². The fourth-order valence-electron chi connectivity index (χ4n) is 1.12. The van der Waals surface area contributed by atoms with Gasteiger partial charge in [0.2, 0.25) is 0 Å². The van der Waals surface area contributed by atoms with Gasteiger partial charge in [0.05, 0.1) is 12.0 Å². The van der Waals surface area contributed by atoms with E-state index in [9.17, 15) is 14.4 Å². The molecule has 0 aromatic carbocycles. The maximum absolute atomic E-state index is 11.7. The molecule has 0 spiro atoms. The molecule has 0 aliphatic heterocycles. The molecule has 0 saturated carbocycles. The lowest BCUT2D eigenvalue weighted by Crippen LogP contribution is -2.42. The van der Waals surface area contributed by atoms with Crippen LogP contribution in [-0.4, -0.2) is 44.3 Å². The standard InChI is InChI=1S/C9H7Cl2N3O5/c10-5-1-3(7(11)14-13-5)8(17)12-4(9(18)19)2-6(15)16/h1,4H,2H2,(H,12,17)(H,15,16)(H,18,19)/t4-/m1/s1. The Balaban J connectivity index is 2.90. The molecule has 1 atom stereocenters. The largest absolute Gasteiger partial charge is 0.481 e. The van der Waals surface area contributed by atoms with E-state index < -0.39 is 30.3 Å². The van der Waals surface area contributed by atoms with Gasteiger partial charge in [-0.1, -0.05) is 23.2 Å². The van der Waals surface area contributed by atoms with Crippen LogP contribution >= 0.6 is 23.2 Å². The average molecular weight is 308 g/mol. The van der Waals surface area contributed by atoms with Gasteiger partial charge in [-0.25, -0.2) is 4.79 Å². The highest BCUT2D eigenvalue weighted by atomic mass is 35.5. The van der Waals surface area contributed by atoms with E-state index in [1.807, 2.05) is 5.32 Å². The van der Waals surface area contributed by atoms with Crippen molar-refractivity contribution in [3.8, 4) is 0 Å². The van der Waals surface area contributed by atoms with E-state index in [0.29, 0.717) is 0 Å². The molecule has 1 rings (SSSR count). The van der Waals surface area contributed by atoms with E-state index in [1.54, 1.807) is 0 Å². The SMILES string of the molecule is O=C(O)C[C@@H](NC(=O)c1cc(Cl)nnc1Cl)C(=O)O. The zero-order valence-electron chi connectivity index (χ0n) is 9.13. The van der Waals surface area contributed by atoms with E-state index in [1.165, 1.54) is 0 Å². The summed E-state index contributed by atoms with van der Waals surface area (Å²) in [5, 5.41) is 25.7. The van der Waals surface area contributed by atoms with E-state index in [2.05, 4.69) is 10.2 Å². The van der Waals surface area contributed by atoms with Crippen molar-refractivity contribution in [2.45, 2.75) is 12.5 Å². The Morgan fingerprint density at radius 3 is 2.42 bits per heavy atom. The van der Waals surface area contributed by atoms with Gasteiger partial charge in [-0.3, -0.25) is 9.59 Å². The first kappa shape index (κ1) is 15.1. The first-order chi connectivity index (χ1) is 8.81. The molecule has 102 valence electrons. The van der Waals surface area contributed by atoms with Crippen LogP contribution in [0.1, 0.15) is 16.8 Å². The normalized spacial score (nSPS) is 11.7. The first-order valence-electron chi connectivity index (χ1n) is 4.75. The van der Waals surface area contributed by atoms with Gasteiger partial charge in [-0.15, -0.1) is 10.2 Å². The monoisotopic (exact) mass is 307 g/mol. The average Bonchev–Trinajstić information content (AvgIpc) is 2.30. The topological polar surface area (TPSA) is 129 Å². The number of aromatic nitrogens is 2. The van der Waals surface area contributed by atoms with Crippen molar-refractivity contribution < 1.29 is 24.6 Å². The molecule has 0 radical (unpaired) electrons. The number of amides is 1. The molecule has 1 amide bonds. The second kappa shape index (κ2) is 6.30. The molecule has 0 aliphatic rings. The summed E-state index contributed by atoms with van der Waals surface area (Å²) in [5.41, 5.74) is -0.196. The number of carboxylic acids is 2. The van der Waals surface area contributed by atoms with Gasteiger partial charge >= 0.3 is 11.9 Å². The number of carbonyl (C=O) groups is 3. The van der Waals surface area contributed by atoms with Gasteiger partial charge in [-0.05, 0) is 6.07 Å². The molecule has 1 aromatic rings. The summed E-state index contributed by atoms with van der Waals surface area (Å²) in [6.45, 7) is 0. The van der Waals surface area contributed by atoms with Gasteiger partial charge in [0.1, 0.15) is 6.04 Å². The van der Waals surface area contributed by atoms with Crippen LogP contribution in [0.3, 0.4) is 0 Å². The van der Waals surface area contributed by atoms with Crippen molar-refractivity contribution in [1.29, 1.82) is 0 Å². The molecule has 10 heteroatoms. The van der Waals surface area contributed by atoms with E-state index in [4.69, 9.17) is 33.4 Å². The van der Waals surface area contributed by atoms with Crippen LogP contribution in [0, 0.1) is 0 Å². The van der Waals surface area contributed by atoms with Gasteiger partial charge < -0.3 is 15.5 Å². The summed E-state index contributed by atoms with van der Waals surface area (Å²) >= 11 is 11.1. The molecular formula is C9H7Cl2N3O5. The molecule has 1 heterocycles. The summed E-state index contributed by atoms with van der Waals surface area (Å²) in [4.78, 5) is 33.0.